The molecule has 0 saturated heterocycles. The monoisotopic (exact) mass is 387 g/mol. The molecular formula is C21H17N5O3. The Hall–Kier alpha value is -4.25. The number of hydrogen-bond donors (Lipinski definition) is 2. The van der Waals surface area contributed by atoms with Crippen LogP contribution >= 0.6 is 0 Å². The first-order valence-electron chi connectivity index (χ1n) is 8.64. The van der Waals surface area contributed by atoms with Gasteiger partial charge in [-0.3, -0.25) is 19.0 Å². The Morgan fingerprint density at radius 3 is 2.45 bits per heavy atom. The van der Waals surface area contributed by atoms with Crippen LogP contribution in [0.3, 0.4) is 0 Å². The SMILES string of the molecule is Cc1ncc(C(=O)NC(C#Cc2ccccc2)C(=O)C(N)=O)n1-c1ccccn1. The van der Waals surface area contributed by atoms with Gasteiger partial charge >= 0.3 is 0 Å². The van der Waals surface area contributed by atoms with Gasteiger partial charge in [0, 0.05) is 11.8 Å². The van der Waals surface area contributed by atoms with Crippen LogP contribution in [0.1, 0.15) is 21.9 Å². The number of primary amides is 1. The molecule has 0 saturated carbocycles. The molecule has 1 aromatic carbocycles. The van der Waals surface area contributed by atoms with Gasteiger partial charge in [-0.15, -0.1) is 0 Å². The normalized spacial score (nSPS) is 11.1. The summed E-state index contributed by atoms with van der Waals surface area (Å²) in [6.45, 7) is 1.71. The van der Waals surface area contributed by atoms with Gasteiger partial charge in [0.25, 0.3) is 17.6 Å². The van der Waals surface area contributed by atoms with Crippen molar-refractivity contribution in [2.45, 2.75) is 13.0 Å². The number of imidazole rings is 1. The van der Waals surface area contributed by atoms with E-state index in [4.69, 9.17) is 5.73 Å². The van der Waals surface area contributed by atoms with Crippen LogP contribution in [0, 0.1) is 18.8 Å². The molecule has 0 bridgehead atoms. The van der Waals surface area contributed by atoms with Gasteiger partial charge in [-0.05, 0) is 31.2 Å². The van der Waals surface area contributed by atoms with E-state index >= 15 is 0 Å². The van der Waals surface area contributed by atoms with Crippen LogP contribution in [0.2, 0.25) is 0 Å². The van der Waals surface area contributed by atoms with E-state index in [1.54, 1.807) is 55.6 Å². The van der Waals surface area contributed by atoms with Crippen molar-refractivity contribution in [1.82, 2.24) is 19.9 Å². The number of hydrogen-bond acceptors (Lipinski definition) is 5. The maximum atomic E-state index is 12.8. The Kier molecular flexibility index (Phi) is 5.80. The first-order chi connectivity index (χ1) is 14.0. The highest BCUT2D eigenvalue weighted by molar-refractivity contribution is 6.38. The Labute approximate surface area is 166 Å². The lowest BCUT2D eigenvalue weighted by molar-refractivity contribution is -0.136. The minimum Gasteiger partial charge on any atom is -0.363 e. The molecule has 3 N–H and O–H groups in total. The molecule has 0 fully saturated rings. The number of rotatable bonds is 5. The second kappa shape index (κ2) is 8.63. The van der Waals surface area contributed by atoms with Gasteiger partial charge in [-0.2, -0.15) is 0 Å². The summed E-state index contributed by atoms with van der Waals surface area (Å²) in [6.07, 6.45) is 2.94. The first-order valence-corrected chi connectivity index (χ1v) is 8.64. The van der Waals surface area contributed by atoms with Crippen molar-refractivity contribution in [3.8, 4) is 17.7 Å². The lowest BCUT2D eigenvalue weighted by Gasteiger charge is -2.12. The fourth-order valence-electron chi connectivity index (χ4n) is 2.57. The molecule has 0 aliphatic carbocycles. The maximum Gasteiger partial charge on any atom is 0.288 e. The van der Waals surface area contributed by atoms with E-state index in [-0.39, 0.29) is 5.69 Å². The second-order valence-corrected chi connectivity index (χ2v) is 5.98. The quantitative estimate of drug-likeness (QED) is 0.495. The van der Waals surface area contributed by atoms with Crippen molar-refractivity contribution < 1.29 is 14.4 Å². The van der Waals surface area contributed by atoms with Gasteiger partial charge in [0.2, 0.25) is 0 Å². The van der Waals surface area contributed by atoms with Gasteiger partial charge in [0.05, 0.1) is 6.20 Å². The second-order valence-electron chi connectivity index (χ2n) is 5.98. The van der Waals surface area contributed by atoms with Gasteiger partial charge in [0.15, 0.2) is 6.04 Å². The van der Waals surface area contributed by atoms with Gasteiger partial charge in [-0.1, -0.05) is 36.1 Å². The summed E-state index contributed by atoms with van der Waals surface area (Å²) in [4.78, 5) is 44.7. The average molecular weight is 387 g/mol. The Bertz CT molecular complexity index is 1110. The smallest absolute Gasteiger partial charge is 0.288 e. The summed E-state index contributed by atoms with van der Waals surface area (Å²) in [6, 6.07) is 12.7. The van der Waals surface area contributed by atoms with Crippen molar-refractivity contribution in [3.63, 3.8) is 0 Å². The number of aromatic nitrogens is 3. The van der Waals surface area contributed by atoms with Gasteiger partial charge in [0.1, 0.15) is 17.3 Å². The molecule has 0 spiro atoms. The molecule has 29 heavy (non-hydrogen) atoms. The number of amides is 2. The first kappa shape index (κ1) is 19.5. The predicted molar refractivity (Wildman–Crippen MR) is 105 cm³/mol. The van der Waals surface area contributed by atoms with E-state index in [1.165, 1.54) is 10.8 Å². The van der Waals surface area contributed by atoms with Crippen LogP contribution in [-0.4, -0.2) is 38.2 Å². The highest BCUT2D eigenvalue weighted by Crippen LogP contribution is 2.12. The number of carbonyl (C=O) groups excluding carboxylic acids is 3. The van der Waals surface area contributed by atoms with E-state index in [0.717, 1.165) is 0 Å². The lowest BCUT2D eigenvalue weighted by Crippen LogP contribution is -2.45. The molecule has 2 heterocycles. The van der Waals surface area contributed by atoms with E-state index in [9.17, 15) is 14.4 Å². The van der Waals surface area contributed by atoms with Crippen LogP contribution in [0.25, 0.3) is 5.82 Å². The summed E-state index contributed by atoms with van der Waals surface area (Å²) in [5, 5.41) is 2.46. The standard InChI is InChI=1S/C21H17N5O3/c1-14-24-13-17(26(14)18-9-5-6-12-23-18)21(29)25-16(19(27)20(22)28)11-10-15-7-3-2-4-8-15/h2-9,12-13,16H,1H3,(H2,22,28)(H,25,29). The number of pyridine rings is 1. The third-order valence-electron chi connectivity index (χ3n) is 3.96. The predicted octanol–water partition coefficient (Wildman–Crippen LogP) is 0.780. The molecule has 2 amide bonds. The number of nitrogens with one attached hydrogen (secondary N) is 1. The van der Waals surface area contributed by atoms with E-state index in [2.05, 4.69) is 27.1 Å². The fraction of sp³-hybridized carbons (Fsp3) is 0.0952. The van der Waals surface area contributed by atoms with Gasteiger partial charge < -0.3 is 11.1 Å². The molecular weight excluding hydrogens is 370 g/mol. The molecule has 0 radical (unpaired) electrons. The molecule has 8 nitrogen and oxygen atoms in total. The number of ketones is 1. The van der Waals surface area contributed by atoms with E-state index in [1.807, 2.05) is 6.07 Å². The number of nitrogens with zero attached hydrogens (tertiary/aromatic N) is 3. The molecule has 144 valence electrons. The molecule has 3 rings (SSSR count). The van der Waals surface area contributed by atoms with Crippen LogP contribution in [0.5, 0.6) is 0 Å². The number of carbonyl (C=O) groups is 3. The van der Waals surface area contributed by atoms with Crippen molar-refractivity contribution >= 4 is 17.6 Å². The summed E-state index contributed by atoms with van der Waals surface area (Å²) >= 11 is 0. The van der Waals surface area contributed by atoms with Crippen molar-refractivity contribution in [3.05, 3.63) is 78.0 Å². The minimum absolute atomic E-state index is 0.144. The molecule has 8 heteroatoms. The Balaban J connectivity index is 1.91. The number of Topliss-reactive ketones (excluding diaryl/α,β-unsaturated/α-hetero) is 1. The van der Waals surface area contributed by atoms with Crippen LogP contribution in [0.15, 0.2) is 60.9 Å². The van der Waals surface area contributed by atoms with Crippen LogP contribution in [0.4, 0.5) is 0 Å². The largest absolute Gasteiger partial charge is 0.363 e. The lowest BCUT2D eigenvalue weighted by atomic mass is 10.1. The molecule has 2 aromatic heterocycles. The summed E-state index contributed by atoms with van der Waals surface area (Å²) in [5.41, 5.74) is 5.88. The number of benzene rings is 1. The third-order valence-corrected chi connectivity index (χ3v) is 3.96. The van der Waals surface area contributed by atoms with E-state index < -0.39 is 23.6 Å². The summed E-state index contributed by atoms with van der Waals surface area (Å²) in [7, 11) is 0. The van der Waals surface area contributed by atoms with Crippen molar-refractivity contribution in [2.24, 2.45) is 5.73 Å². The Morgan fingerprint density at radius 2 is 1.79 bits per heavy atom. The molecule has 1 atom stereocenters. The highest BCUT2D eigenvalue weighted by atomic mass is 16.2. The van der Waals surface area contributed by atoms with E-state index in [0.29, 0.717) is 17.2 Å². The average Bonchev–Trinajstić information content (AvgIpc) is 3.13. The Morgan fingerprint density at radius 1 is 1.07 bits per heavy atom. The molecule has 3 aromatic rings. The number of nitrogens with two attached hydrogens (primary N) is 1. The zero-order valence-corrected chi connectivity index (χ0v) is 15.5. The summed E-state index contributed by atoms with van der Waals surface area (Å²) < 4.78 is 1.53. The highest BCUT2D eigenvalue weighted by Gasteiger charge is 2.26. The van der Waals surface area contributed by atoms with Crippen LogP contribution < -0.4 is 11.1 Å². The topological polar surface area (TPSA) is 120 Å². The molecule has 1 unspecified atom stereocenters. The third kappa shape index (κ3) is 4.54. The molecule has 0 aliphatic heterocycles. The van der Waals surface area contributed by atoms with Crippen molar-refractivity contribution in [2.75, 3.05) is 0 Å². The van der Waals surface area contributed by atoms with Crippen LogP contribution in [-0.2, 0) is 9.59 Å². The van der Waals surface area contributed by atoms with Gasteiger partial charge in [-0.25, -0.2) is 9.97 Å². The fourth-order valence-corrected chi connectivity index (χ4v) is 2.57. The summed E-state index contributed by atoms with van der Waals surface area (Å²) in [5.74, 6) is 3.54. The van der Waals surface area contributed by atoms with Crippen molar-refractivity contribution in [1.29, 1.82) is 0 Å². The zero-order valence-electron chi connectivity index (χ0n) is 15.5. The maximum absolute atomic E-state index is 12.8. The number of aryl methyl sites for hydroxylation is 1. The zero-order chi connectivity index (χ0) is 20.8. The molecule has 0 aliphatic rings. The minimum atomic E-state index is -1.40.